The molecule has 0 atom stereocenters. The molecule has 0 amide bonds. The first-order valence-electron chi connectivity index (χ1n) is 5.28. The van der Waals surface area contributed by atoms with Gasteiger partial charge in [-0.15, -0.1) is 0 Å². The monoisotopic (exact) mass is 273 g/mol. The van der Waals surface area contributed by atoms with Crippen molar-refractivity contribution in [3.8, 4) is 0 Å². The Kier molecular flexibility index (Phi) is 10.2. The van der Waals surface area contributed by atoms with Gasteiger partial charge in [0, 0.05) is 5.92 Å². The molecule has 0 rings (SSSR count). The molecule has 0 aromatic heterocycles. The molecule has 0 unspecified atom stereocenters. The van der Waals surface area contributed by atoms with Gasteiger partial charge in [0.2, 0.25) is 0 Å². The topological polar surface area (TPSA) is 0 Å². The number of rotatable bonds is 8. The first kappa shape index (κ1) is 17.1. The third-order valence-corrected chi connectivity index (χ3v) is 2.30. The van der Waals surface area contributed by atoms with Crippen LogP contribution in [0.3, 0.4) is 0 Å². The van der Waals surface area contributed by atoms with Gasteiger partial charge in [-0.25, -0.2) is 0 Å². The summed E-state index contributed by atoms with van der Waals surface area (Å²) in [6.45, 7) is 20.1. The van der Waals surface area contributed by atoms with Gasteiger partial charge in [0.1, 0.15) is 0 Å². The molecule has 0 N–H and O–H groups in total. The summed E-state index contributed by atoms with van der Waals surface area (Å²) in [5.41, 5.74) is 0. The summed E-state index contributed by atoms with van der Waals surface area (Å²) >= 11 is 0. The van der Waals surface area contributed by atoms with Crippen LogP contribution in [-0.2, 0) is 0 Å². The minimum absolute atomic E-state index is 0. The quantitative estimate of drug-likeness (QED) is 0.432. The summed E-state index contributed by atoms with van der Waals surface area (Å²) in [5.74, 6) is 0.690. The van der Waals surface area contributed by atoms with E-state index in [-0.39, 0.29) is 17.0 Å². The molecule has 0 saturated heterocycles. The maximum absolute atomic E-state index is 3.83. The van der Waals surface area contributed by atoms with Gasteiger partial charge in [-0.2, -0.15) is 0 Å². The van der Waals surface area contributed by atoms with Gasteiger partial charge in [-0.05, 0) is 18.2 Å². The Balaban J connectivity index is 0. The van der Waals surface area contributed by atoms with E-state index in [1.165, 1.54) is 0 Å². The molecular weight excluding hydrogens is 250 g/mol. The second-order valence-corrected chi connectivity index (χ2v) is 4.33. The van der Waals surface area contributed by atoms with Crippen LogP contribution in [-0.4, -0.2) is 30.7 Å². The van der Waals surface area contributed by atoms with Crippen LogP contribution in [0.2, 0.25) is 0 Å². The second-order valence-electron chi connectivity index (χ2n) is 4.33. The number of halogens is 1. The molecule has 15 heavy (non-hydrogen) atoms. The van der Waals surface area contributed by atoms with Crippen molar-refractivity contribution in [1.29, 1.82) is 0 Å². The molecule has 0 aliphatic heterocycles. The third kappa shape index (κ3) is 6.69. The molecule has 0 saturated carbocycles. The van der Waals surface area contributed by atoms with Crippen molar-refractivity contribution in [3.63, 3.8) is 0 Å². The first-order valence-corrected chi connectivity index (χ1v) is 5.28. The Hall–Kier alpha value is -0.340. The predicted molar refractivity (Wildman–Crippen MR) is 65.2 cm³/mol. The van der Waals surface area contributed by atoms with E-state index in [1.807, 2.05) is 18.2 Å². The van der Waals surface area contributed by atoms with E-state index < -0.39 is 0 Å². The lowest BCUT2D eigenvalue weighted by Gasteiger charge is -2.37. The van der Waals surface area contributed by atoms with Crippen molar-refractivity contribution < 1.29 is 21.5 Å². The summed E-state index contributed by atoms with van der Waals surface area (Å²) in [5, 5.41) is 0. The van der Waals surface area contributed by atoms with E-state index in [9.17, 15) is 0 Å². The number of hydrogen-bond donors (Lipinski definition) is 0. The number of quaternary nitrogens is 1. The summed E-state index contributed by atoms with van der Waals surface area (Å²) in [4.78, 5) is 0. The molecule has 0 fully saturated rings. The molecule has 0 aliphatic rings. The largest absolute Gasteiger partial charge is 1.00 e. The van der Waals surface area contributed by atoms with Crippen LogP contribution in [0, 0.1) is 5.92 Å². The highest BCUT2D eigenvalue weighted by Gasteiger charge is 2.23. The molecule has 0 aromatic carbocycles. The fourth-order valence-corrected chi connectivity index (χ4v) is 2.04. The van der Waals surface area contributed by atoms with E-state index in [0.29, 0.717) is 5.92 Å². The van der Waals surface area contributed by atoms with Crippen LogP contribution >= 0.6 is 0 Å². The fraction of sp³-hybridized carbons (Fsp3) is 0.538. The first-order chi connectivity index (χ1) is 6.60. The SMILES string of the molecule is C=CC[N+](CC=C)(CC=C)CC(C)C.[Br-]. The van der Waals surface area contributed by atoms with Crippen LogP contribution in [0.5, 0.6) is 0 Å². The summed E-state index contributed by atoms with van der Waals surface area (Å²) in [6, 6.07) is 0. The van der Waals surface area contributed by atoms with Crippen LogP contribution in [0.15, 0.2) is 38.0 Å². The molecule has 88 valence electrons. The van der Waals surface area contributed by atoms with E-state index in [0.717, 1.165) is 30.7 Å². The molecule has 0 radical (unpaired) electrons. The zero-order chi connectivity index (χ0) is 11.0. The van der Waals surface area contributed by atoms with Crippen LogP contribution in [0.4, 0.5) is 0 Å². The summed E-state index contributed by atoms with van der Waals surface area (Å²) in [6.07, 6.45) is 5.99. The summed E-state index contributed by atoms with van der Waals surface area (Å²) in [7, 11) is 0. The lowest BCUT2D eigenvalue weighted by Crippen LogP contribution is -3.00. The number of hydrogen-bond acceptors (Lipinski definition) is 0. The van der Waals surface area contributed by atoms with Gasteiger partial charge in [0.15, 0.2) is 0 Å². The summed E-state index contributed by atoms with van der Waals surface area (Å²) < 4.78 is 1.01. The van der Waals surface area contributed by atoms with Gasteiger partial charge >= 0.3 is 0 Å². The van der Waals surface area contributed by atoms with Crippen molar-refractivity contribution in [3.05, 3.63) is 38.0 Å². The molecule has 1 nitrogen and oxygen atoms in total. The minimum Gasteiger partial charge on any atom is -1.00 e. The number of nitrogens with zero attached hydrogens (tertiary/aromatic N) is 1. The van der Waals surface area contributed by atoms with E-state index in [2.05, 4.69) is 33.6 Å². The fourth-order valence-electron chi connectivity index (χ4n) is 2.04. The van der Waals surface area contributed by atoms with Crippen molar-refractivity contribution in [2.45, 2.75) is 13.8 Å². The Labute approximate surface area is 106 Å². The van der Waals surface area contributed by atoms with Crippen LogP contribution < -0.4 is 17.0 Å². The van der Waals surface area contributed by atoms with Crippen LogP contribution in [0.1, 0.15) is 13.8 Å². The highest BCUT2D eigenvalue weighted by atomic mass is 79.9. The normalized spacial score (nSPS) is 10.6. The minimum atomic E-state index is 0. The second kappa shape index (κ2) is 8.93. The average molecular weight is 274 g/mol. The molecular formula is C13H24BrN. The molecule has 0 aliphatic carbocycles. The Morgan fingerprint density at radius 3 is 1.47 bits per heavy atom. The maximum atomic E-state index is 3.83. The molecule has 0 heterocycles. The lowest BCUT2D eigenvalue weighted by molar-refractivity contribution is -0.914. The highest BCUT2D eigenvalue weighted by molar-refractivity contribution is 4.76. The smallest absolute Gasteiger partial charge is 0.0976 e. The van der Waals surface area contributed by atoms with Gasteiger partial charge < -0.3 is 21.5 Å². The van der Waals surface area contributed by atoms with Gasteiger partial charge in [0.25, 0.3) is 0 Å². The van der Waals surface area contributed by atoms with Crippen molar-refractivity contribution >= 4 is 0 Å². The standard InChI is InChI=1S/C13H24N.BrH/c1-6-9-14(10-7-2,11-8-3)12-13(4)5;/h6-8,13H,1-3,9-12H2,4-5H3;1H/q+1;/p-1. The zero-order valence-corrected chi connectivity index (χ0v) is 11.7. The van der Waals surface area contributed by atoms with Crippen molar-refractivity contribution in [1.82, 2.24) is 0 Å². The van der Waals surface area contributed by atoms with Crippen molar-refractivity contribution in [2.24, 2.45) is 5.92 Å². The Morgan fingerprint density at radius 1 is 0.933 bits per heavy atom. The van der Waals surface area contributed by atoms with Gasteiger partial charge in [0.05, 0.1) is 26.2 Å². The maximum Gasteiger partial charge on any atom is 0.0976 e. The van der Waals surface area contributed by atoms with E-state index in [4.69, 9.17) is 0 Å². The molecule has 0 spiro atoms. The van der Waals surface area contributed by atoms with E-state index >= 15 is 0 Å². The molecule has 2 heteroatoms. The van der Waals surface area contributed by atoms with Crippen molar-refractivity contribution in [2.75, 3.05) is 26.2 Å². The Morgan fingerprint density at radius 2 is 1.27 bits per heavy atom. The van der Waals surface area contributed by atoms with Gasteiger partial charge in [-0.1, -0.05) is 33.6 Å². The van der Waals surface area contributed by atoms with E-state index in [1.54, 1.807) is 0 Å². The van der Waals surface area contributed by atoms with Crippen LogP contribution in [0.25, 0.3) is 0 Å². The average Bonchev–Trinajstić information content (AvgIpc) is 2.03. The van der Waals surface area contributed by atoms with Gasteiger partial charge in [-0.3, -0.25) is 0 Å². The molecule has 0 aromatic rings. The Bertz CT molecular complexity index is 170. The lowest BCUT2D eigenvalue weighted by atomic mass is 10.1. The third-order valence-electron chi connectivity index (χ3n) is 2.30. The highest BCUT2D eigenvalue weighted by Crippen LogP contribution is 2.12. The zero-order valence-electron chi connectivity index (χ0n) is 10.1. The molecule has 0 bridgehead atoms. The predicted octanol–water partition coefficient (Wildman–Crippen LogP) is 0.0212.